The molecule has 0 spiro atoms. The lowest BCUT2D eigenvalue weighted by Gasteiger charge is -2.14. The number of aromatic nitrogens is 3. The molecule has 0 aliphatic carbocycles. The van der Waals surface area contributed by atoms with Crippen LogP contribution in [-0.4, -0.2) is 15.0 Å². The summed E-state index contributed by atoms with van der Waals surface area (Å²) in [7, 11) is 0. The molecule has 0 bridgehead atoms. The zero-order valence-corrected chi connectivity index (χ0v) is 14.1. The summed E-state index contributed by atoms with van der Waals surface area (Å²) in [6.07, 6.45) is 1.51. The Labute approximate surface area is 151 Å². The van der Waals surface area contributed by atoms with Gasteiger partial charge in [-0.3, -0.25) is 9.97 Å². The molecule has 0 unspecified atom stereocenters. The van der Waals surface area contributed by atoms with E-state index < -0.39 is 17.3 Å². The first kappa shape index (κ1) is 17.9. The van der Waals surface area contributed by atoms with Crippen molar-refractivity contribution in [2.24, 2.45) is 0 Å². The fourth-order valence-corrected chi connectivity index (χ4v) is 3.22. The first-order valence-corrected chi connectivity index (χ1v) is 8.42. The van der Waals surface area contributed by atoms with E-state index in [4.69, 9.17) is 0 Å². The number of nitrogens with zero attached hydrogens (tertiary/aromatic N) is 4. The van der Waals surface area contributed by atoms with Crippen LogP contribution in [0.2, 0.25) is 0 Å². The van der Waals surface area contributed by atoms with Gasteiger partial charge in [0.15, 0.2) is 0 Å². The molecular formula is C18H11F3N4S. The molecule has 0 amide bonds. The van der Waals surface area contributed by atoms with Gasteiger partial charge >= 0.3 is 6.18 Å². The fourth-order valence-electron chi connectivity index (χ4n) is 2.26. The van der Waals surface area contributed by atoms with E-state index in [1.807, 2.05) is 0 Å². The van der Waals surface area contributed by atoms with E-state index in [1.165, 1.54) is 12.4 Å². The highest BCUT2D eigenvalue weighted by molar-refractivity contribution is 7.98. The average Bonchev–Trinajstić information content (AvgIpc) is 2.66. The van der Waals surface area contributed by atoms with Gasteiger partial charge in [-0.25, -0.2) is 4.98 Å². The molecule has 26 heavy (non-hydrogen) atoms. The van der Waals surface area contributed by atoms with E-state index in [2.05, 4.69) is 15.0 Å². The smallest absolute Gasteiger partial charge is 0.265 e. The van der Waals surface area contributed by atoms with Crippen molar-refractivity contribution < 1.29 is 13.2 Å². The van der Waals surface area contributed by atoms with Crippen molar-refractivity contribution >= 4 is 11.8 Å². The monoisotopic (exact) mass is 372 g/mol. The fraction of sp³-hybridized carbons (Fsp3) is 0.111. The highest BCUT2D eigenvalue weighted by atomic mass is 32.2. The Morgan fingerprint density at radius 2 is 1.62 bits per heavy atom. The van der Waals surface area contributed by atoms with E-state index in [9.17, 15) is 18.4 Å². The molecule has 0 fully saturated rings. The molecule has 4 nitrogen and oxygen atoms in total. The Kier molecular flexibility index (Phi) is 5.19. The zero-order valence-electron chi connectivity index (χ0n) is 13.2. The van der Waals surface area contributed by atoms with Crippen LogP contribution in [-0.2, 0) is 11.9 Å². The summed E-state index contributed by atoms with van der Waals surface area (Å²) in [5, 5.41) is 9.35. The summed E-state index contributed by atoms with van der Waals surface area (Å²) in [6, 6.07) is 9.24. The van der Waals surface area contributed by atoms with Gasteiger partial charge in [0, 0.05) is 36.1 Å². The van der Waals surface area contributed by atoms with E-state index in [1.54, 1.807) is 42.7 Å². The van der Waals surface area contributed by atoms with Crippen LogP contribution in [0.15, 0.2) is 60.1 Å². The standard InChI is InChI=1S/C18H11F3N4S/c19-18(20,21)15-9-16(13-3-7-24-8-4-13)25-17(14(15)10-22)26-11-12-1-5-23-6-2-12/h1-9H,11H2. The van der Waals surface area contributed by atoms with Gasteiger partial charge in [-0.1, -0.05) is 0 Å². The maximum atomic E-state index is 13.5. The van der Waals surface area contributed by atoms with Crippen LogP contribution in [0.3, 0.4) is 0 Å². The zero-order chi connectivity index (χ0) is 18.6. The first-order valence-electron chi connectivity index (χ1n) is 7.43. The predicted molar refractivity (Wildman–Crippen MR) is 91.0 cm³/mol. The number of hydrogen-bond donors (Lipinski definition) is 0. The normalized spacial score (nSPS) is 11.2. The Bertz CT molecular complexity index is 938. The summed E-state index contributed by atoms with van der Waals surface area (Å²) in [6.45, 7) is 0. The molecule has 3 rings (SSSR count). The predicted octanol–water partition coefficient (Wildman–Crippen LogP) is 4.72. The second-order valence-electron chi connectivity index (χ2n) is 5.22. The first-order chi connectivity index (χ1) is 12.5. The molecule has 0 aliphatic rings. The summed E-state index contributed by atoms with van der Waals surface area (Å²) in [5.41, 5.74) is 0.0728. The lowest BCUT2D eigenvalue weighted by atomic mass is 10.1. The van der Waals surface area contributed by atoms with Crippen LogP contribution in [0.4, 0.5) is 13.2 Å². The van der Waals surface area contributed by atoms with E-state index in [-0.39, 0.29) is 10.7 Å². The molecule has 3 heterocycles. The van der Waals surface area contributed by atoms with Crippen LogP contribution in [0.25, 0.3) is 11.3 Å². The molecule has 0 radical (unpaired) electrons. The minimum Gasteiger partial charge on any atom is -0.265 e. The van der Waals surface area contributed by atoms with Gasteiger partial charge < -0.3 is 0 Å². The molecule has 8 heteroatoms. The van der Waals surface area contributed by atoms with Crippen molar-refractivity contribution in [3.05, 3.63) is 71.8 Å². The quantitative estimate of drug-likeness (QED) is 0.620. The van der Waals surface area contributed by atoms with Crippen molar-refractivity contribution in [1.29, 1.82) is 5.26 Å². The van der Waals surface area contributed by atoms with Crippen LogP contribution in [0.1, 0.15) is 16.7 Å². The van der Waals surface area contributed by atoms with Gasteiger partial charge in [0.2, 0.25) is 0 Å². The Morgan fingerprint density at radius 1 is 1.00 bits per heavy atom. The van der Waals surface area contributed by atoms with Crippen molar-refractivity contribution in [3.63, 3.8) is 0 Å². The SMILES string of the molecule is N#Cc1c(C(F)(F)F)cc(-c2ccncc2)nc1SCc1ccncc1. The molecule has 0 saturated heterocycles. The number of thioether (sulfide) groups is 1. The Morgan fingerprint density at radius 3 is 2.19 bits per heavy atom. The number of alkyl halides is 3. The highest BCUT2D eigenvalue weighted by Crippen LogP contribution is 2.38. The number of pyridine rings is 3. The number of nitriles is 1. The number of rotatable bonds is 4. The van der Waals surface area contributed by atoms with Crippen molar-refractivity contribution in [1.82, 2.24) is 15.0 Å². The van der Waals surface area contributed by atoms with Crippen molar-refractivity contribution in [2.45, 2.75) is 17.0 Å². The van der Waals surface area contributed by atoms with Crippen molar-refractivity contribution in [2.75, 3.05) is 0 Å². The maximum Gasteiger partial charge on any atom is 0.417 e. The number of hydrogen-bond acceptors (Lipinski definition) is 5. The third-order valence-electron chi connectivity index (χ3n) is 3.50. The molecule has 3 aromatic heterocycles. The van der Waals surface area contributed by atoms with Gasteiger partial charge in [0.25, 0.3) is 0 Å². The molecular weight excluding hydrogens is 361 g/mol. The van der Waals surface area contributed by atoms with Crippen LogP contribution in [0, 0.1) is 11.3 Å². The molecule has 130 valence electrons. The third kappa shape index (κ3) is 4.00. The van der Waals surface area contributed by atoms with E-state index >= 15 is 0 Å². The van der Waals surface area contributed by atoms with E-state index in [0.29, 0.717) is 11.3 Å². The lowest BCUT2D eigenvalue weighted by Crippen LogP contribution is -2.10. The molecule has 0 aromatic carbocycles. The maximum absolute atomic E-state index is 13.5. The lowest BCUT2D eigenvalue weighted by molar-refractivity contribution is -0.138. The van der Waals surface area contributed by atoms with Crippen molar-refractivity contribution in [3.8, 4) is 17.3 Å². The minimum absolute atomic E-state index is 0.0472. The average molecular weight is 372 g/mol. The molecule has 0 aliphatic heterocycles. The van der Waals surface area contributed by atoms with Gasteiger partial charge in [-0.15, -0.1) is 11.8 Å². The van der Waals surface area contributed by atoms with Gasteiger partial charge in [0.05, 0.1) is 16.8 Å². The summed E-state index contributed by atoms with van der Waals surface area (Å²) in [5.74, 6) is 0.376. The van der Waals surface area contributed by atoms with Crippen LogP contribution < -0.4 is 0 Å². The van der Waals surface area contributed by atoms with Gasteiger partial charge in [-0.05, 0) is 35.9 Å². The number of halogens is 3. The minimum atomic E-state index is -4.65. The molecule has 3 aromatic rings. The van der Waals surface area contributed by atoms with Gasteiger partial charge in [0.1, 0.15) is 11.1 Å². The molecule has 0 atom stereocenters. The van der Waals surface area contributed by atoms with E-state index in [0.717, 1.165) is 23.4 Å². The van der Waals surface area contributed by atoms with Gasteiger partial charge in [-0.2, -0.15) is 18.4 Å². The highest BCUT2D eigenvalue weighted by Gasteiger charge is 2.36. The summed E-state index contributed by atoms with van der Waals surface area (Å²) in [4.78, 5) is 12.1. The third-order valence-corrected chi connectivity index (χ3v) is 4.55. The second-order valence-corrected chi connectivity index (χ2v) is 6.19. The summed E-state index contributed by atoms with van der Waals surface area (Å²) >= 11 is 1.09. The second kappa shape index (κ2) is 7.54. The van der Waals surface area contributed by atoms with Crippen LogP contribution >= 0.6 is 11.8 Å². The Hall–Kier alpha value is -2.92. The summed E-state index contributed by atoms with van der Waals surface area (Å²) < 4.78 is 40.4. The largest absolute Gasteiger partial charge is 0.417 e. The Balaban J connectivity index is 2.07. The molecule has 0 saturated carbocycles. The molecule has 0 N–H and O–H groups in total. The topological polar surface area (TPSA) is 62.5 Å². The van der Waals surface area contributed by atoms with Crippen LogP contribution in [0.5, 0.6) is 0 Å².